The Morgan fingerprint density at radius 2 is 2.07 bits per heavy atom. The topological polar surface area (TPSA) is 9.23 Å². The Morgan fingerprint density at radius 1 is 1.29 bits per heavy atom. The van der Waals surface area contributed by atoms with Crippen molar-refractivity contribution in [2.45, 2.75) is 6.42 Å². The SMILES string of the molecule is COc1ccc(/C=C2\CCSS2)cc1. The second-order valence-corrected chi connectivity index (χ2v) is 5.58. The van der Waals surface area contributed by atoms with Crippen molar-refractivity contribution < 1.29 is 4.74 Å². The molecule has 1 nitrogen and oxygen atoms in total. The van der Waals surface area contributed by atoms with Gasteiger partial charge >= 0.3 is 0 Å². The monoisotopic (exact) mass is 224 g/mol. The molecule has 74 valence electrons. The molecule has 0 radical (unpaired) electrons. The van der Waals surface area contributed by atoms with E-state index in [0.717, 1.165) is 5.75 Å². The summed E-state index contributed by atoms with van der Waals surface area (Å²) in [6, 6.07) is 8.18. The van der Waals surface area contributed by atoms with Gasteiger partial charge in [0.25, 0.3) is 0 Å². The molecule has 14 heavy (non-hydrogen) atoms. The van der Waals surface area contributed by atoms with Crippen LogP contribution in [0.25, 0.3) is 6.08 Å². The zero-order valence-corrected chi connectivity index (χ0v) is 9.66. The number of hydrogen-bond acceptors (Lipinski definition) is 3. The molecule has 0 amide bonds. The van der Waals surface area contributed by atoms with Gasteiger partial charge in [0.15, 0.2) is 0 Å². The van der Waals surface area contributed by atoms with E-state index in [-0.39, 0.29) is 0 Å². The lowest BCUT2D eigenvalue weighted by Crippen LogP contribution is -1.81. The Balaban J connectivity index is 2.12. The van der Waals surface area contributed by atoms with Crippen LogP contribution in [-0.4, -0.2) is 12.9 Å². The van der Waals surface area contributed by atoms with Gasteiger partial charge in [0, 0.05) is 5.75 Å². The van der Waals surface area contributed by atoms with Gasteiger partial charge in [-0.2, -0.15) is 0 Å². The van der Waals surface area contributed by atoms with E-state index in [1.165, 1.54) is 22.6 Å². The number of benzene rings is 1. The lowest BCUT2D eigenvalue weighted by molar-refractivity contribution is 0.415. The molecule has 0 N–H and O–H groups in total. The van der Waals surface area contributed by atoms with Gasteiger partial charge in [-0.1, -0.05) is 33.7 Å². The van der Waals surface area contributed by atoms with Crippen LogP contribution in [0.2, 0.25) is 0 Å². The quantitative estimate of drug-likeness (QED) is 0.707. The van der Waals surface area contributed by atoms with Crippen molar-refractivity contribution in [3.05, 3.63) is 34.7 Å². The lowest BCUT2D eigenvalue weighted by atomic mass is 10.2. The zero-order valence-electron chi connectivity index (χ0n) is 8.03. The summed E-state index contributed by atoms with van der Waals surface area (Å²) in [6.45, 7) is 0. The van der Waals surface area contributed by atoms with Crippen molar-refractivity contribution in [2.24, 2.45) is 0 Å². The Morgan fingerprint density at radius 3 is 2.64 bits per heavy atom. The first-order valence-corrected chi connectivity index (χ1v) is 6.84. The van der Waals surface area contributed by atoms with Crippen molar-refractivity contribution >= 4 is 27.7 Å². The summed E-state index contributed by atoms with van der Waals surface area (Å²) < 4.78 is 5.11. The molecule has 1 saturated heterocycles. The highest BCUT2D eigenvalue weighted by molar-refractivity contribution is 8.78. The van der Waals surface area contributed by atoms with Crippen LogP contribution in [0.4, 0.5) is 0 Å². The predicted molar refractivity (Wildman–Crippen MR) is 65.6 cm³/mol. The van der Waals surface area contributed by atoms with Gasteiger partial charge in [0.1, 0.15) is 5.75 Å². The summed E-state index contributed by atoms with van der Waals surface area (Å²) in [5.74, 6) is 2.16. The third-order valence-electron chi connectivity index (χ3n) is 2.04. The number of ether oxygens (including phenoxy) is 1. The summed E-state index contributed by atoms with van der Waals surface area (Å²) in [5.41, 5.74) is 1.26. The van der Waals surface area contributed by atoms with Crippen molar-refractivity contribution in [2.75, 3.05) is 12.9 Å². The number of methoxy groups -OCH3 is 1. The third kappa shape index (κ3) is 2.49. The maximum Gasteiger partial charge on any atom is 0.118 e. The zero-order chi connectivity index (χ0) is 9.80. The summed E-state index contributed by atoms with van der Waals surface area (Å²) in [6.07, 6.45) is 3.46. The van der Waals surface area contributed by atoms with E-state index >= 15 is 0 Å². The van der Waals surface area contributed by atoms with E-state index in [4.69, 9.17) is 4.74 Å². The van der Waals surface area contributed by atoms with Crippen LogP contribution in [0.5, 0.6) is 5.75 Å². The second-order valence-electron chi connectivity index (χ2n) is 3.04. The molecule has 1 heterocycles. The highest BCUT2D eigenvalue weighted by atomic mass is 33.1. The van der Waals surface area contributed by atoms with Crippen molar-refractivity contribution in [3.63, 3.8) is 0 Å². The molecule has 1 aromatic carbocycles. The van der Waals surface area contributed by atoms with Gasteiger partial charge in [-0.05, 0) is 35.1 Å². The van der Waals surface area contributed by atoms with Crippen LogP contribution in [0, 0.1) is 0 Å². The molecule has 1 aliphatic heterocycles. The molecule has 2 rings (SSSR count). The van der Waals surface area contributed by atoms with Gasteiger partial charge in [0.05, 0.1) is 7.11 Å². The summed E-state index contributed by atoms with van der Waals surface area (Å²) >= 11 is 0. The summed E-state index contributed by atoms with van der Waals surface area (Å²) in [5, 5.41) is 0. The van der Waals surface area contributed by atoms with Gasteiger partial charge in [0.2, 0.25) is 0 Å². The fraction of sp³-hybridized carbons (Fsp3) is 0.273. The third-order valence-corrected chi connectivity index (χ3v) is 4.56. The standard InChI is InChI=1S/C11H12OS2/c1-12-10-4-2-9(3-5-10)8-11-6-7-13-14-11/h2-5,8H,6-7H2,1H3/b11-8+. The molecule has 0 atom stereocenters. The number of hydrogen-bond donors (Lipinski definition) is 0. The lowest BCUT2D eigenvalue weighted by Gasteiger charge is -2.00. The minimum atomic E-state index is 0.917. The van der Waals surface area contributed by atoms with Gasteiger partial charge in [-0.3, -0.25) is 0 Å². The first-order valence-electron chi connectivity index (χ1n) is 4.52. The maximum atomic E-state index is 5.11. The summed E-state index contributed by atoms with van der Waals surface area (Å²) in [7, 11) is 5.52. The molecular weight excluding hydrogens is 212 g/mol. The first-order chi connectivity index (χ1) is 6.88. The van der Waals surface area contributed by atoms with Crippen LogP contribution in [0.15, 0.2) is 29.2 Å². The molecule has 0 bridgehead atoms. The van der Waals surface area contributed by atoms with E-state index in [2.05, 4.69) is 18.2 Å². The normalized spacial score (nSPS) is 18.8. The van der Waals surface area contributed by atoms with Crippen molar-refractivity contribution in [3.8, 4) is 5.75 Å². The molecule has 0 spiro atoms. The van der Waals surface area contributed by atoms with Crippen molar-refractivity contribution in [1.82, 2.24) is 0 Å². The highest BCUT2D eigenvalue weighted by Crippen LogP contribution is 2.41. The van der Waals surface area contributed by atoms with Gasteiger partial charge < -0.3 is 4.74 Å². The van der Waals surface area contributed by atoms with Crippen LogP contribution >= 0.6 is 21.6 Å². The van der Waals surface area contributed by atoms with Gasteiger partial charge in [-0.15, -0.1) is 0 Å². The van der Waals surface area contributed by atoms with E-state index in [0.29, 0.717) is 0 Å². The van der Waals surface area contributed by atoms with Crippen LogP contribution in [0.1, 0.15) is 12.0 Å². The Kier molecular flexibility index (Phi) is 3.43. The fourth-order valence-electron chi connectivity index (χ4n) is 1.28. The predicted octanol–water partition coefficient (Wildman–Crippen LogP) is 3.82. The minimum Gasteiger partial charge on any atom is -0.497 e. The Bertz CT molecular complexity index is 322. The van der Waals surface area contributed by atoms with Crippen molar-refractivity contribution in [1.29, 1.82) is 0 Å². The molecule has 0 unspecified atom stereocenters. The average molecular weight is 224 g/mol. The molecule has 3 heteroatoms. The molecular formula is C11H12OS2. The Labute approximate surface area is 92.3 Å². The van der Waals surface area contributed by atoms with Crippen LogP contribution < -0.4 is 4.74 Å². The number of rotatable bonds is 2. The molecule has 0 aliphatic carbocycles. The van der Waals surface area contributed by atoms with E-state index in [1.807, 2.05) is 33.7 Å². The van der Waals surface area contributed by atoms with E-state index in [9.17, 15) is 0 Å². The highest BCUT2D eigenvalue weighted by Gasteiger charge is 2.07. The minimum absolute atomic E-state index is 0.917. The largest absolute Gasteiger partial charge is 0.497 e. The van der Waals surface area contributed by atoms with Crippen LogP contribution in [-0.2, 0) is 0 Å². The molecule has 0 saturated carbocycles. The summed E-state index contributed by atoms with van der Waals surface area (Å²) in [4.78, 5) is 1.47. The maximum absolute atomic E-state index is 5.11. The fourth-order valence-corrected chi connectivity index (χ4v) is 3.67. The molecule has 1 fully saturated rings. The Hall–Kier alpha value is -0.540. The smallest absolute Gasteiger partial charge is 0.118 e. The molecule has 1 aromatic rings. The van der Waals surface area contributed by atoms with Crippen LogP contribution in [0.3, 0.4) is 0 Å². The van der Waals surface area contributed by atoms with E-state index < -0.39 is 0 Å². The van der Waals surface area contributed by atoms with E-state index in [1.54, 1.807) is 7.11 Å². The molecule has 0 aromatic heterocycles. The second kappa shape index (κ2) is 4.80. The molecule has 1 aliphatic rings. The number of allylic oxidation sites excluding steroid dienone is 1. The van der Waals surface area contributed by atoms with Gasteiger partial charge in [-0.25, -0.2) is 0 Å². The average Bonchev–Trinajstić information content (AvgIpc) is 2.72. The first kappa shape index (κ1) is 9.99.